The Kier molecular flexibility index (Phi) is 24.8. The average Bonchev–Trinajstić information content (AvgIpc) is 4.14. The minimum atomic E-state index is -1.17. The van der Waals surface area contributed by atoms with E-state index in [1.54, 1.807) is 36.7 Å². The van der Waals surface area contributed by atoms with Gasteiger partial charge in [0.25, 0.3) is 5.91 Å². The van der Waals surface area contributed by atoms with Crippen LogP contribution in [0.3, 0.4) is 0 Å². The molecular formula is C56H57ClN6O13S2. The maximum atomic E-state index is 12.9. The van der Waals surface area contributed by atoms with Crippen molar-refractivity contribution in [1.82, 2.24) is 25.9 Å². The summed E-state index contributed by atoms with van der Waals surface area (Å²) in [5, 5.41) is 16.5. The zero-order valence-electron chi connectivity index (χ0n) is 42.4. The molecule has 4 heterocycles. The minimum Gasteiger partial charge on any atom is -0.492 e. The highest BCUT2D eigenvalue weighted by Crippen LogP contribution is 2.33. The first kappa shape index (κ1) is 60.2. The van der Waals surface area contributed by atoms with Crippen molar-refractivity contribution in [2.24, 2.45) is 5.73 Å². The fraction of sp³-hybridized carbons (Fsp3) is 0.214. The highest BCUT2D eigenvalue weighted by atomic mass is 35.5. The molecule has 408 valence electrons. The number of benzene rings is 4. The van der Waals surface area contributed by atoms with Crippen LogP contribution < -0.4 is 31.2 Å². The van der Waals surface area contributed by atoms with E-state index in [2.05, 4.69) is 25.9 Å². The van der Waals surface area contributed by atoms with E-state index in [1.165, 1.54) is 22.7 Å². The van der Waals surface area contributed by atoms with E-state index in [-0.39, 0.29) is 56.8 Å². The van der Waals surface area contributed by atoms with Crippen molar-refractivity contribution in [3.8, 4) is 11.5 Å². The molecule has 0 aliphatic rings. The molecule has 8 aromatic rings. The zero-order chi connectivity index (χ0) is 54.8. The number of nitrogens with one attached hydrogen (secondary N) is 3. The van der Waals surface area contributed by atoms with Gasteiger partial charge in [-0.1, -0.05) is 121 Å². The van der Waals surface area contributed by atoms with E-state index < -0.39 is 48.1 Å². The Morgan fingerprint density at radius 2 is 0.910 bits per heavy atom. The number of fused-ring (bicyclic) bond motifs is 2. The standard InChI is InChI=1S/C28H27N3O6S.C18H20N2O4.C10H9NO3S.ClH/c1-2-35-23-13-14-29-21-15-24(38-25(21)23)26(32)30-16-22(27(33)36-17-19-9-5-3-6-10-19)31-28(34)37-18-20-11-7-4-8-12-20;19-11-16(17(21)23-12-14-7-3-1-4-8-14)20-18(22)24-13-15-9-5-2-6-10-15;1-2-14-7-3-4-11-6-5-8(10(12)13)15-9(6)7;/h3-15,22H,2,16-18H2,1H3,(H,30,32)(H,31,34);1-10,16H,11-13,19H2,(H,20,22);3-5H,2H2,1H3,(H,12,13);1H/t22-;16-;;/m11../s1. The molecule has 3 amide bonds. The van der Waals surface area contributed by atoms with Gasteiger partial charge in [0.2, 0.25) is 0 Å². The number of aromatic carboxylic acids is 1. The summed E-state index contributed by atoms with van der Waals surface area (Å²) in [5.41, 5.74) is 10.1. The molecular weight excluding hydrogens is 1060 g/mol. The lowest BCUT2D eigenvalue weighted by Crippen LogP contribution is -2.49. The van der Waals surface area contributed by atoms with Gasteiger partial charge in [0, 0.05) is 25.5 Å². The number of halogens is 1. The minimum absolute atomic E-state index is 0. The van der Waals surface area contributed by atoms with Crippen LogP contribution in [0.5, 0.6) is 11.5 Å². The molecule has 0 saturated heterocycles. The summed E-state index contributed by atoms with van der Waals surface area (Å²) in [6.45, 7) is 4.81. The van der Waals surface area contributed by atoms with Crippen molar-refractivity contribution in [2.45, 2.75) is 52.4 Å². The molecule has 6 N–H and O–H groups in total. The van der Waals surface area contributed by atoms with Gasteiger partial charge in [0.1, 0.15) is 54.9 Å². The number of esters is 2. The van der Waals surface area contributed by atoms with Gasteiger partial charge in [-0.25, -0.2) is 24.0 Å². The Morgan fingerprint density at radius 1 is 0.538 bits per heavy atom. The van der Waals surface area contributed by atoms with Crippen LogP contribution in [-0.4, -0.2) is 89.5 Å². The SMILES string of the molecule is CCOc1ccnc2cc(C(=O)NC[C@@H](NC(=O)OCc3ccccc3)C(=O)OCc3ccccc3)sc12.CCOc1ccnc2cc(C(=O)O)sc12.Cl.NC[C@@H](NC(=O)OCc1ccccc1)C(=O)OCc1ccccc1. The molecule has 0 saturated carbocycles. The van der Waals surface area contributed by atoms with Crippen molar-refractivity contribution in [2.75, 3.05) is 26.3 Å². The van der Waals surface area contributed by atoms with E-state index in [0.29, 0.717) is 40.6 Å². The van der Waals surface area contributed by atoms with Gasteiger partial charge in [-0.15, -0.1) is 35.1 Å². The van der Waals surface area contributed by atoms with Gasteiger partial charge in [0.15, 0.2) is 0 Å². The van der Waals surface area contributed by atoms with Crippen molar-refractivity contribution < 1.29 is 62.3 Å². The van der Waals surface area contributed by atoms with Crippen molar-refractivity contribution in [3.63, 3.8) is 0 Å². The molecule has 0 fully saturated rings. The van der Waals surface area contributed by atoms with Crippen LogP contribution in [0.2, 0.25) is 0 Å². The van der Waals surface area contributed by atoms with Crippen LogP contribution in [0.15, 0.2) is 158 Å². The van der Waals surface area contributed by atoms with Gasteiger partial charge >= 0.3 is 30.1 Å². The predicted molar refractivity (Wildman–Crippen MR) is 297 cm³/mol. The molecule has 8 rings (SSSR count). The Hall–Kier alpha value is -8.63. The highest BCUT2D eigenvalue weighted by Gasteiger charge is 2.26. The number of nitrogens with zero attached hydrogens (tertiary/aromatic N) is 2. The number of thiophene rings is 2. The van der Waals surface area contributed by atoms with Gasteiger partial charge in [-0.2, -0.15) is 0 Å². The third kappa shape index (κ3) is 19.2. The van der Waals surface area contributed by atoms with Crippen LogP contribution in [0.25, 0.3) is 20.4 Å². The summed E-state index contributed by atoms with van der Waals surface area (Å²) in [6, 6.07) is 41.4. The number of hydrogen-bond donors (Lipinski definition) is 5. The second-order valence-electron chi connectivity index (χ2n) is 16.1. The Balaban J connectivity index is 0.000000238. The van der Waals surface area contributed by atoms with E-state index >= 15 is 0 Å². The molecule has 0 radical (unpaired) electrons. The molecule has 0 aliphatic heterocycles. The first-order chi connectivity index (χ1) is 37.4. The fourth-order valence-electron chi connectivity index (χ4n) is 6.75. The highest BCUT2D eigenvalue weighted by molar-refractivity contribution is 7.21. The summed E-state index contributed by atoms with van der Waals surface area (Å²) in [7, 11) is 0. The molecule has 0 unspecified atom stereocenters. The number of ether oxygens (including phenoxy) is 6. The quantitative estimate of drug-likeness (QED) is 0.0331. The Bertz CT molecular complexity index is 3170. The average molecular weight is 1120 g/mol. The summed E-state index contributed by atoms with van der Waals surface area (Å²) in [5.74, 6) is -1.32. The summed E-state index contributed by atoms with van der Waals surface area (Å²) in [4.78, 5) is 81.8. The Labute approximate surface area is 463 Å². The molecule has 0 aliphatic carbocycles. The largest absolute Gasteiger partial charge is 0.492 e. The number of carbonyl (C=O) groups excluding carboxylic acids is 5. The smallest absolute Gasteiger partial charge is 0.408 e. The molecule has 0 bridgehead atoms. The number of carboxylic acids is 1. The first-order valence-electron chi connectivity index (χ1n) is 24.0. The molecule has 2 atom stereocenters. The maximum Gasteiger partial charge on any atom is 0.408 e. The fourth-order valence-corrected chi connectivity index (χ4v) is 8.67. The maximum absolute atomic E-state index is 12.9. The number of rotatable bonds is 21. The van der Waals surface area contributed by atoms with Crippen molar-refractivity contribution >= 4 is 91.5 Å². The Morgan fingerprint density at radius 3 is 1.31 bits per heavy atom. The normalized spacial score (nSPS) is 11.1. The van der Waals surface area contributed by atoms with E-state index in [0.717, 1.165) is 31.7 Å². The lowest BCUT2D eigenvalue weighted by atomic mass is 10.2. The predicted octanol–water partition coefficient (Wildman–Crippen LogP) is 9.26. The first-order valence-corrected chi connectivity index (χ1v) is 25.7. The summed E-state index contributed by atoms with van der Waals surface area (Å²) < 4.78 is 33.4. The number of amides is 3. The second-order valence-corrected chi connectivity index (χ2v) is 18.2. The van der Waals surface area contributed by atoms with Gasteiger partial charge in [0.05, 0.1) is 38.5 Å². The van der Waals surface area contributed by atoms with Crippen molar-refractivity contribution in [1.29, 1.82) is 0 Å². The second kappa shape index (κ2) is 32.1. The zero-order valence-corrected chi connectivity index (χ0v) is 44.8. The molecule has 78 heavy (non-hydrogen) atoms. The number of pyridine rings is 2. The van der Waals surface area contributed by atoms with Gasteiger partial charge < -0.3 is 55.2 Å². The van der Waals surface area contributed by atoms with Crippen LogP contribution >= 0.6 is 35.1 Å². The van der Waals surface area contributed by atoms with Crippen LogP contribution in [-0.2, 0) is 55.0 Å². The van der Waals surface area contributed by atoms with Crippen LogP contribution in [0.1, 0.15) is 55.4 Å². The third-order valence-corrected chi connectivity index (χ3v) is 12.8. The molecule has 19 nitrogen and oxygen atoms in total. The van der Waals surface area contributed by atoms with Crippen molar-refractivity contribution in [3.05, 3.63) is 190 Å². The lowest BCUT2D eigenvalue weighted by Gasteiger charge is -2.18. The van der Waals surface area contributed by atoms with Gasteiger partial charge in [-0.05, 0) is 60.4 Å². The number of nitrogens with two attached hydrogens (primary N) is 1. The number of carbonyl (C=O) groups is 6. The van der Waals surface area contributed by atoms with Crippen LogP contribution in [0, 0.1) is 0 Å². The number of hydrogen-bond acceptors (Lipinski definition) is 17. The number of carboxylic acid groups (broad SMARTS) is 1. The van der Waals surface area contributed by atoms with E-state index in [9.17, 15) is 28.8 Å². The lowest BCUT2D eigenvalue weighted by molar-refractivity contribution is -0.148. The molecule has 4 aromatic carbocycles. The number of alkyl carbamates (subject to hydrolysis) is 2. The molecule has 22 heteroatoms. The monoisotopic (exact) mass is 1120 g/mol. The van der Waals surface area contributed by atoms with E-state index in [4.69, 9.17) is 39.3 Å². The third-order valence-electron chi connectivity index (χ3n) is 10.5. The molecule has 0 spiro atoms. The summed E-state index contributed by atoms with van der Waals surface area (Å²) in [6.07, 6.45) is 1.71. The topological polar surface area (TPSA) is 266 Å². The molecule has 4 aromatic heterocycles. The van der Waals surface area contributed by atoms with E-state index in [1.807, 2.05) is 135 Å². The van der Waals surface area contributed by atoms with Crippen LogP contribution in [0.4, 0.5) is 9.59 Å². The summed E-state index contributed by atoms with van der Waals surface area (Å²) >= 11 is 2.42. The van der Waals surface area contributed by atoms with Gasteiger partial charge in [-0.3, -0.25) is 14.8 Å². The number of aromatic nitrogens is 2.